The molecule has 0 spiro atoms. The lowest BCUT2D eigenvalue weighted by atomic mass is 10.0. The molecule has 0 radical (unpaired) electrons. The van der Waals surface area contributed by atoms with E-state index in [1.165, 1.54) is 11.1 Å². The summed E-state index contributed by atoms with van der Waals surface area (Å²) in [6, 6.07) is 12.3. The van der Waals surface area contributed by atoms with Crippen molar-refractivity contribution in [2.75, 3.05) is 23.8 Å². The molecule has 4 rings (SSSR count). The molecule has 3 N–H and O–H groups in total. The smallest absolute Gasteiger partial charge is 0.180 e. The van der Waals surface area contributed by atoms with Crippen molar-refractivity contribution in [1.29, 1.82) is 0 Å². The molecule has 0 saturated carbocycles. The summed E-state index contributed by atoms with van der Waals surface area (Å²) < 4.78 is 0. The minimum atomic E-state index is -1.51. The number of nitrogens with zero attached hydrogens (tertiary/aromatic N) is 3. The Balaban J connectivity index is 1.48. The van der Waals surface area contributed by atoms with Crippen LogP contribution in [0.4, 0.5) is 17.2 Å². The van der Waals surface area contributed by atoms with Gasteiger partial charge in [-0.2, -0.15) is 0 Å². The fourth-order valence-corrected chi connectivity index (χ4v) is 3.91. The van der Waals surface area contributed by atoms with E-state index < -0.39 is 6.29 Å². The molecule has 1 aliphatic carbocycles. The summed E-state index contributed by atoms with van der Waals surface area (Å²) in [5.74, 6) is 1.31. The maximum Gasteiger partial charge on any atom is 0.180 e. The maximum atomic E-state index is 9.52. The average molecular weight is 390 g/mol. The van der Waals surface area contributed by atoms with Crippen LogP contribution in [0.1, 0.15) is 40.9 Å². The number of anilines is 3. The van der Waals surface area contributed by atoms with Gasteiger partial charge in [-0.3, -0.25) is 4.98 Å². The van der Waals surface area contributed by atoms with E-state index >= 15 is 0 Å². The van der Waals surface area contributed by atoms with Crippen LogP contribution in [0, 0.1) is 6.92 Å². The number of hydrogen-bond acceptors (Lipinski definition) is 6. The summed E-state index contributed by atoms with van der Waals surface area (Å²) in [7, 11) is 2.04. The van der Waals surface area contributed by atoms with Gasteiger partial charge in [0.2, 0.25) is 0 Å². The van der Waals surface area contributed by atoms with Crippen LogP contribution in [0.3, 0.4) is 0 Å². The number of hydrogen-bond donors (Lipinski definition) is 3. The number of nitrogens with one attached hydrogen (secondary N) is 1. The first-order valence-electron chi connectivity index (χ1n) is 9.86. The Hall–Kier alpha value is -2.96. The normalized spacial score (nSPS) is 15.4. The topological polar surface area (TPSA) is 81.5 Å². The summed E-state index contributed by atoms with van der Waals surface area (Å²) in [6.45, 7) is 2.77. The molecule has 0 unspecified atom stereocenters. The fourth-order valence-electron chi connectivity index (χ4n) is 3.91. The molecule has 2 aromatic heterocycles. The summed E-state index contributed by atoms with van der Waals surface area (Å²) in [5.41, 5.74) is 6.10. The van der Waals surface area contributed by atoms with Crippen molar-refractivity contribution in [3.05, 3.63) is 77.2 Å². The van der Waals surface area contributed by atoms with Crippen LogP contribution in [0.25, 0.3) is 0 Å². The zero-order valence-electron chi connectivity index (χ0n) is 16.7. The number of aromatic nitrogens is 2. The Bertz CT molecular complexity index is 988. The van der Waals surface area contributed by atoms with Crippen LogP contribution in [0.15, 0.2) is 55.0 Å². The lowest BCUT2D eigenvalue weighted by molar-refractivity contribution is -0.0419. The standard InChI is InChI=1S/C23H26N4O2/c1-15-3-8-22(26-12-15)27(2)18-6-7-19-16(11-18)4-5-17(19)13-25-21-14-24-10-9-20(21)23(28)29/h3,6-12,14,17,23,25,28-29H,4-5,13H2,1-2H3/t17-/m0/s1. The van der Waals surface area contributed by atoms with E-state index in [2.05, 4.69) is 44.5 Å². The molecular weight excluding hydrogens is 364 g/mol. The number of aryl methyl sites for hydroxylation is 2. The lowest BCUT2D eigenvalue weighted by Gasteiger charge is -2.20. The first-order valence-corrected chi connectivity index (χ1v) is 9.86. The van der Waals surface area contributed by atoms with E-state index in [-0.39, 0.29) is 0 Å². The van der Waals surface area contributed by atoms with Crippen molar-refractivity contribution in [2.45, 2.75) is 32.0 Å². The Morgan fingerprint density at radius 3 is 2.79 bits per heavy atom. The van der Waals surface area contributed by atoms with E-state index in [1.54, 1.807) is 18.5 Å². The first kappa shape index (κ1) is 19.4. The van der Waals surface area contributed by atoms with E-state index in [4.69, 9.17) is 0 Å². The van der Waals surface area contributed by atoms with Gasteiger partial charge in [0.15, 0.2) is 6.29 Å². The predicted molar refractivity (Wildman–Crippen MR) is 114 cm³/mol. The molecule has 0 fully saturated rings. The quantitative estimate of drug-likeness (QED) is 0.557. The Labute approximate surface area is 170 Å². The molecule has 29 heavy (non-hydrogen) atoms. The third kappa shape index (κ3) is 4.09. The minimum absolute atomic E-state index is 0.380. The molecule has 150 valence electrons. The van der Waals surface area contributed by atoms with Crippen LogP contribution in [-0.2, 0) is 6.42 Å². The third-order valence-electron chi connectivity index (χ3n) is 5.63. The molecule has 2 heterocycles. The number of pyridine rings is 2. The lowest BCUT2D eigenvalue weighted by Crippen LogP contribution is -2.13. The molecule has 1 aliphatic rings. The molecule has 6 nitrogen and oxygen atoms in total. The molecule has 0 amide bonds. The van der Waals surface area contributed by atoms with Gasteiger partial charge in [-0.25, -0.2) is 4.98 Å². The molecule has 0 saturated heterocycles. The molecule has 6 heteroatoms. The van der Waals surface area contributed by atoms with Gasteiger partial charge in [-0.05, 0) is 60.7 Å². The second-order valence-corrected chi connectivity index (χ2v) is 7.59. The van der Waals surface area contributed by atoms with Gasteiger partial charge in [0, 0.05) is 43.2 Å². The van der Waals surface area contributed by atoms with Crippen LogP contribution in [0.2, 0.25) is 0 Å². The maximum absolute atomic E-state index is 9.52. The molecule has 3 aromatic rings. The fraction of sp³-hybridized carbons (Fsp3) is 0.304. The second-order valence-electron chi connectivity index (χ2n) is 7.59. The number of aliphatic hydroxyl groups excluding tert-OH is 1. The predicted octanol–water partition coefficient (Wildman–Crippen LogP) is 3.68. The van der Waals surface area contributed by atoms with Gasteiger partial charge >= 0.3 is 0 Å². The summed E-state index contributed by atoms with van der Waals surface area (Å²) in [4.78, 5) is 10.7. The number of aliphatic hydroxyl groups is 2. The molecule has 1 aromatic carbocycles. The largest absolute Gasteiger partial charge is 0.383 e. The van der Waals surface area contributed by atoms with E-state index in [1.807, 2.05) is 26.2 Å². The van der Waals surface area contributed by atoms with Crippen molar-refractivity contribution >= 4 is 17.2 Å². The second kappa shape index (κ2) is 8.19. The van der Waals surface area contributed by atoms with E-state index in [0.29, 0.717) is 17.2 Å². The third-order valence-corrected chi connectivity index (χ3v) is 5.63. The van der Waals surface area contributed by atoms with E-state index in [9.17, 15) is 10.2 Å². The highest BCUT2D eigenvalue weighted by atomic mass is 16.5. The van der Waals surface area contributed by atoms with Crippen molar-refractivity contribution in [3.8, 4) is 0 Å². The van der Waals surface area contributed by atoms with Crippen molar-refractivity contribution in [3.63, 3.8) is 0 Å². The van der Waals surface area contributed by atoms with Gasteiger partial charge in [-0.15, -0.1) is 0 Å². The number of fused-ring (bicyclic) bond motifs is 1. The van der Waals surface area contributed by atoms with Crippen LogP contribution >= 0.6 is 0 Å². The highest BCUT2D eigenvalue weighted by molar-refractivity contribution is 5.62. The Morgan fingerprint density at radius 2 is 2.03 bits per heavy atom. The van der Waals surface area contributed by atoms with Crippen molar-refractivity contribution < 1.29 is 10.2 Å². The minimum Gasteiger partial charge on any atom is -0.383 e. The summed E-state index contributed by atoms with van der Waals surface area (Å²) >= 11 is 0. The van der Waals surface area contributed by atoms with Crippen molar-refractivity contribution in [2.24, 2.45) is 0 Å². The Morgan fingerprint density at radius 1 is 1.17 bits per heavy atom. The monoisotopic (exact) mass is 390 g/mol. The van der Waals surface area contributed by atoms with Crippen molar-refractivity contribution in [1.82, 2.24) is 9.97 Å². The van der Waals surface area contributed by atoms with Crippen LogP contribution < -0.4 is 10.2 Å². The number of rotatable bonds is 6. The van der Waals surface area contributed by atoms with E-state index in [0.717, 1.165) is 36.5 Å². The zero-order valence-corrected chi connectivity index (χ0v) is 16.7. The highest BCUT2D eigenvalue weighted by Gasteiger charge is 2.23. The molecule has 0 aliphatic heterocycles. The molecule has 0 bridgehead atoms. The number of benzene rings is 1. The van der Waals surface area contributed by atoms with Gasteiger partial charge in [0.05, 0.1) is 11.9 Å². The SMILES string of the molecule is Cc1ccc(N(C)c2ccc3c(c2)CC[C@H]3CNc2cnccc2C(O)O)nc1. The zero-order chi connectivity index (χ0) is 20.4. The van der Waals surface area contributed by atoms with Crippen LogP contribution in [0.5, 0.6) is 0 Å². The van der Waals surface area contributed by atoms with Crippen LogP contribution in [-0.4, -0.2) is 33.8 Å². The van der Waals surface area contributed by atoms with Gasteiger partial charge in [0.1, 0.15) is 5.82 Å². The average Bonchev–Trinajstić information content (AvgIpc) is 3.14. The van der Waals surface area contributed by atoms with Gasteiger partial charge < -0.3 is 20.4 Å². The molecule has 1 atom stereocenters. The van der Waals surface area contributed by atoms with Gasteiger partial charge in [-0.1, -0.05) is 12.1 Å². The Kier molecular flexibility index (Phi) is 5.47. The molecular formula is C23H26N4O2. The summed E-state index contributed by atoms with van der Waals surface area (Å²) in [6.07, 6.45) is 5.67. The van der Waals surface area contributed by atoms with Gasteiger partial charge in [0.25, 0.3) is 0 Å². The summed E-state index contributed by atoms with van der Waals surface area (Å²) in [5, 5.41) is 22.4. The highest BCUT2D eigenvalue weighted by Crippen LogP contribution is 2.36. The first-order chi connectivity index (χ1) is 14.0.